The quantitative estimate of drug-likeness (QED) is 0.462. The van der Waals surface area contributed by atoms with Gasteiger partial charge in [-0.1, -0.05) is 19.1 Å². The van der Waals surface area contributed by atoms with Crippen LogP contribution in [0.5, 0.6) is 0 Å². The fraction of sp³-hybridized carbons (Fsp3) is 0.368. The van der Waals surface area contributed by atoms with Gasteiger partial charge in [0.1, 0.15) is 12.7 Å². The Morgan fingerprint density at radius 2 is 2.04 bits per heavy atom. The normalized spacial score (nSPS) is 11.6. The molecule has 0 amide bonds. The average Bonchev–Trinajstić information content (AvgIpc) is 3.38. The molecule has 27 heavy (non-hydrogen) atoms. The van der Waals surface area contributed by atoms with Gasteiger partial charge in [-0.25, -0.2) is 19.6 Å². The van der Waals surface area contributed by atoms with Gasteiger partial charge in [-0.15, -0.1) is 11.3 Å². The fourth-order valence-electron chi connectivity index (χ4n) is 2.52. The van der Waals surface area contributed by atoms with Crippen molar-refractivity contribution >= 4 is 17.3 Å². The van der Waals surface area contributed by atoms with Crippen LogP contribution in [0, 0.1) is 0 Å². The van der Waals surface area contributed by atoms with E-state index in [0.29, 0.717) is 6.54 Å². The second-order valence-corrected chi connectivity index (χ2v) is 7.15. The summed E-state index contributed by atoms with van der Waals surface area (Å²) >= 11 is 1.79. The summed E-state index contributed by atoms with van der Waals surface area (Å²) in [5, 5.41) is 12.0. The number of aliphatic imine (C=N–C) groups is 1. The molecule has 0 saturated carbocycles. The van der Waals surface area contributed by atoms with Crippen LogP contribution >= 0.6 is 11.3 Å². The monoisotopic (exact) mass is 383 g/mol. The molecule has 0 aliphatic rings. The number of thiazole rings is 1. The zero-order valence-electron chi connectivity index (χ0n) is 15.7. The second kappa shape index (κ2) is 9.82. The average molecular weight is 384 g/mol. The van der Waals surface area contributed by atoms with Crippen molar-refractivity contribution in [2.24, 2.45) is 4.99 Å². The maximum Gasteiger partial charge on any atom is 0.191 e. The van der Waals surface area contributed by atoms with E-state index in [4.69, 9.17) is 0 Å². The van der Waals surface area contributed by atoms with Crippen molar-refractivity contribution in [1.29, 1.82) is 0 Å². The van der Waals surface area contributed by atoms with Crippen molar-refractivity contribution in [3.63, 3.8) is 0 Å². The fourth-order valence-corrected chi connectivity index (χ4v) is 3.38. The van der Waals surface area contributed by atoms with Crippen LogP contribution in [0.4, 0.5) is 0 Å². The summed E-state index contributed by atoms with van der Waals surface area (Å²) in [5.74, 6) is 0.824. The van der Waals surface area contributed by atoms with E-state index >= 15 is 0 Å². The number of benzene rings is 1. The van der Waals surface area contributed by atoms with Crippen LogP contribution in [-0.4, -0.2) is 38.8 Å². The number of nitrogens with zero attached hydrogens (tertiary/aromatic N) is 5. The Kier molecular flexibility index (Phi) is 6.92. The third kappa shape index (κ3) is 5.62. The standard InChI is InChI=1S/C19H25N7S/c1-3-17-12-23-18(27-17)9-10-22-19(21-4-2)24-11-15-5-7-16(8-6-15)26-14-20-13-25-26/h5-8,12-14H,3-4,9-11H2,1-2H3,(H2,21,22,24). The van der Waals surface area contributed by atoms with Crippen molar-refractivity contribution < 1.29 is 0 Å². The third-order valence-electron chi connectivity index (χ3n) is 3.96. The number of hydrogen-bond donors (Lipinski definition) is 2. The van der Waals surface area contributed by atoms with Crippen molar-refractivity contribution in [2.45, 2.75) is 33.2 Å². The molecule has 142 valence electrons. The van der Waals surface area contributed by atoms with Gasteiger partial charge in [-0.2, -0.15) is 5.10 Å². The molecule has 0 aliphatic carbocycles. The summed E-state index contributed by atoms with van der Waals surface area (Å²) in [4.78, 5) is 14.4. The van der Waals surface area contributed by atoms with Crippen molar-refractivity contribution in [2.75, 3.05) is 13.1 Å². The van der Waals surface area contributed by atoms with Gasteiger partial charge in [0.2, 0.25) is 0 Å². The molecule has 2 N–H and O–H groups in total. The molecule has 3 aromatic rings. The lowest BCUT2D eigenvalue weighted by Gasteiger charge is -2.10. The third-order valence-corrected chi connectivity index (χ3v) is 5.17. The van der Waals surface area contributed by atoms with Gasteiger partial charge in [0.25, 0.3) is 0 Å². The summed E-state index contributed by atoms with van der Waals surface area (Å²) in [6.07, 6.45) is 7.14. The molecule has 0 atom stereocenters. The molecule has 0 radical (unpaired) electrons. The van der Waals surface area contributed by atoms with Gasteiger partial charge in [-0.3, -0.25) is 0 Å². The highest BCUT2D eigenvalue weighted by Crippen LogP contribution is 2.13. The molecule has 7 nitrogen and oxygen atoms in total. The first-order valence-corrected chi connectivity index (χ1v) is 9.99. The Morgan fingerprint density at radius 3 is 2.70 bits per heavy atom. The van der Waals surface area contributed by atoms with Gasteiger partial charge in [-0.05, 0) is 31.0 Å². The summed E-state index contributed by atoms with van der Waals surface area (Å²) in [5.41, 5.74) is 2.13. The molecule has 0 unspecified atom stereocenters. The molecule has 2 aromatic heterocycles. The minimum absolute atomic E-state index is 0.615. The summed E-state index contributed by atoms with van der Waals surface area (Å²) in [6.45, 7) is 6.48. The van der Waals surface area contributed by atoms with Crippen LogP contribution in [-0.2, 0) is 19.4 Å². The summed E-state index contributed by atoms with van der Waals surface area (Å²) in [6, 6.07) is 8.17. The maximum absolute atomic E-state index is 4.67. The van der Waals surface area contributed by atoms with Crippen LogP contribution in [0.25, 0.3) is 5.69 Å². The van der Waals surface area contributed by atoms with E-state index in [1.54, 1.807) is 22.3 Å². The largest absolute Gasteiger partial charge is 0.357 e. The maximum atomic E-state index is 4.67. The zero-order valence-corrected chi connectivity index (χ0v) is 16.5. The Morgan fingerprint density at radius 1 is 1.19 bits per heavy atom. The lowest BCUT2D eigenvalue weighted by Crippen LogP contribution is -2.38. The van der Waals surface area contributed by atoms with Crippen LogP contribution < -0.4 is 10.6 Å². The Balaban J connectivity index is 1.53. The van der Waals surface area contributed by atoms with E-state index < -0.39 is 0 Å². The van der Waals surface area contributed by atoms with Crippen LogP contribution in [0.3, 0.4) is 0 Å². The number of nitrogens with one attached hydrogen (secondary N) is 2. The van der Waals surface area contributed by atoms with Crippen LogP contribution in [0.1, 0.15) is 29.3 Å². The highest BCUT2D eigenvalue weighted by molar-refractivity contribution is 7.11. The van der Waals surface area contributed by atoms with E-state index in [-0.39, 0.29) is 0 Å². The highest BCUT2D eigenvalue weighted by Gasteiger charge is 2.03. The van der Waals surface area contributed by atoms with E-state index in [0.717, 1.165) is 43.1 Å². The first-order chi connectivity index (χ1) is 13.3. The van der Waals surface area contributed by atoms with Crippen molar-refractivity contribution in [3.05, 3.63) is 58.6 Å². The van der Waals surface area contributed by atoms with Gasteiger partial charge >= 0.3 is 0 Å². The van der Waals surface area contributed by atoms with Crippen molar-refractivity contribution in [3.8, 4) is 5.69 Å². The molecule has 0 saturated heterocycles. The number of aryl methyl sites for hydroxylation is 1. The highest BCUT2D eigenvalue weighted by atomic mass is 32.1. The Hall–Kier alpha value is -2.74. The van der Waals surface area contributed by atoms with Gasteiger partial charge < -0.3 is 10.6 Å². The molecule has 0 aliphatic heterocycles. The van der Waals surface area contributed by atoms with E-state index in [9.17, 15) is 0 Å². The van der Waals surface area contributed by atoms with E-state index in [1.807, 2.05) is 18.3 Å². The first-order valence-electron chi connectivity index (χ1n) is 9.18. The topological polar surface area (TPSA) is 80.0 Å². The van der Waals surface area contributed by atoms with Crippen LogP contribution in [0.15, 0.2) is 48.1 Å². The SMILES string of the molecule is CCNC(=NCc1ccc(-n2cncn2)cc1)NCCc1ncc(CC)s1. The number of guanidine groups is 1. The molecule has 0 spiro atoms. The van der Waals surface area contributed by atoms with E-state index in [2.05, 4.69) is 56.7 Å². The summed E-state index contributed by atoms with van der Waals surface area (Å²) in [7, 11) is 0. The predicted molar refractivity (Wildman–Crippen MR) is 109 cm³/mol. The second-order valence-electron chi connectivity index (χ2n) is 5.95. The van der Waals surface area contributed by atoms with E-state index in [1.165, 1.54) is 16.2 Å². The molecular weight excluding hydrogens is 358 g/mol. The number of aromatic nitrogens is 4. The number of rotatable bonds is 8. The molecule has 0 bridgehead atoms. The minimum Gasteiger partial charge on any atom is -0.357 e. The Bertz CT molecular complexity index is 837. The van der Waals surface area contributed by atoms with Gasteiger partial charge in [0.05, 0.1) is 17.2 Å². The van der Waals surface area contributed by atoms with Gasteiger partial charge in [0.15, 0.2) is 5.96 Å². The first kappa shape index (κ1) is 19.0. The molecule has 3 rings (SSSR count). The molecule has 0 fully saturated rings. The minimum atomic E-state index is 0.615. The zero-order chi connectivity index (χ0) is 18.9. The number of hydrogen-bond acceptors (Lipinski definition) is 5. The van der Waals surface area contributed by atoms with Crippen molar-refractivity contribution in [1.82, 2.24) is 30.4 Å². The smallest absolute Gasteiger partial charge is 0.191 e. The summed E-state index contributed by atoms with van der Waals surface area (Å²) < 4.78 is 1.74. The molecular formula is C19H25N7S. The lowest BCUT2D eigenvalue weighted by atomic mass is 10.2. The van der Waals surface area contributed by atoms with Crippen LogP contribution in [0.2, 0.25) is 0 Å². The predicted octanol–water partition coefficient (Wildman–Crippen LogP) is 2.58. The Labute approximate surface area is 163 Å². The molecule has 8 heteroatoms. The molecule has 1 aromatic carbocycles. The lowest BCUT2D eigenvalue weighted by molar-refractivity contribution is 0.796. The van der Waals surface area contributed by atoms with Gasteiger partial charge in [0, 0.05) is 30.6 Å². The molecule has 2 heterocycles.